The van der Waals surface area contributed by atoms with Gasteiger partial charge in [0, 0.05) is 5.56 Å². The van der Waals surface area contributed by atoms with Gasteiger partial charge in [0.1, 0.15) is 0 Å². The Morgan fingerprint density at radius 2 is 1.89 bits per heavy atom. The molecule has 1 aromatic rings. The van der Waals surface area contributed by atoms with Crippen molar-refractivity contribution >= 4 is 22.4 Å². The Balaban J connectivity index is 3.57. The first kappa shape index (κ1) is 14.8. The lowest BCUT2D eigenvalue weighted by Crippen LogP contribution is -2.11. The van der Waals surface area contributed by atoms with Gasteiger partial charge >= 0.3 is 6.18 Å². The molecular formula is C13H12ClF3O. The molecule has 0 radical (unpaired) electrons. The number of rotatable bonds is 3. The SMILES string of the molecule is C=C(CC)c1cc(C)c(C(=O)Cl)cc1C(F)(F)F. The average molecular weight is 277 g/mol. The summed E-state index contributed by atoms with van der Waals surface area (Å²) < 4.78 is 38.8. The minimum Gasteiger partial charge on any atom is -0.276 e. The van der Waals surface area contributed by atoms with Crippen LogP contribution in [0.3, 0.4) is 0 Å². The van der Waals surface area contributed by atoms with Crippen LogP contribution in [0.25, 0.3) is 5.57 Å². The molecule has 0 aromatic heterocycles. The zero-order valence-electron chi connectivity index (χ0n) is 9.99. The predicted octanol–water partition coefficient (Wildman–Crippen LogP) is 4.82. The quantitative estimate of drug-likeness (QED) is 0.724. The first-order valence-electron chi connectivity index (χ1n) is 5.28. The number of aryl methyl sites for hydroxylation is 1. The molecule has 0 fully saturated rings. The third-order valence-electron chi connectivity index (χ3n) is 2.69. The summed E-state index contributed by atoms with van der Waals surface area (Å²) in [7, 11) is 0. The van der Waals surface area contributed by atoms with Crippen LogP contribution in [0.5, 0.6) is 0 Å². The van der Waals surface area contributed by atoms with Crippen LogP contribution >= 0.6 is 11.6 Å². The topological polar surface area (TPSA) is 17.1 Å². The van der Waals surface area contributed by atoms with E-state index in [0.717, 1.165) is 6.07 Å². The summed E-state index contributed by atoms with van der Waals surface area (Å²) in [6, 6.07) is 2.10. The highest BCUT2D eigenvalue weighted by Crippen LogP contribution is 2.37. The fraction of sp³-hybridized carbons (Fsp3) is 0.308. The van der Waals surface area contributed by atoms with Gasteiger partial charge in [0.2, 0.25) is 0 Å². The van der Waals surface area contributed by atoms with E-state index in [9.17, 15) is 18.0 Å². The van der Waals surface area contributed by atoms with Gasteiger partial charge in [-0.05, 0) is 47.7 Å². The van der Waals surface area contributed by atoms with Crippen molar-refractivity contribution in [2.45, 2.75) is 26.4 Å². The maximum Gasteiger partial charge on any atom is 0.417 e. The Labute approximate surface area is 108 Å². The van der Waals surface area contributed by atoms with E-state index in [-0.39, 0.29) is 11.1 Å². The van der Waals surface area contributed by atoms with Crippen LogP contribution in [0.4, 0.5) is 13.2 Å². The standard InChI is InChI=1S/C13H12ClF3O/c1-4-7(2)9-5-8(3)10(12(14)18)6-11(9)13(15,16)17/h5-6H,2,4H2,1,3H3. The molecule has 0 unspecified atom stereocenters. The molecule has 0 N–H and O–H groups in total. The largest absolute Gasteiger partial charge is 0.417 e. The third kappa shape index (κ3) is 2.93. The van der Waals surface area contributed by atoms with Crippen molar-refractivity contribution in [3.8, 4) is 0 Å². The van der Waals surface area contributed by atoms with Crippen molar-refractivity contribution in [3.05, 3.63) is 41.0 Å². The summed E-state index contributed by atoms with van der Waals surface area (Å²) in [5, 5.41) is -0.897. The maximum absolute atomic E-state index is 12.9. The molecular weight excluding hydrogens is 265 g/mol. The molecule has 18 heavy (non-hydrogen) atoms. The fourth-order valence-electron chi connectivity index (χ4n) is 1.64. The van der Waals surface area contributed by atoms with Crippen molar-refractivity contribution in [3.63, 3.8) is 0 Å². The number of hydrogen-bond donors (Lipinski definition) is 0. The van der Waals surface area contributed by atoms with Crippen LogP contribution in [0, 0.1) is 6.92 Å². The Hall–Kier alpha value is -1.29. The van der Waals surface area contributed by atoms with E-state index in [1.807, 2.05) is 0 Å². The first-order valence-corrected chi connectivity index (χ1v) is 5.66. The number of benzene rings is 1. The molecule has 1 nitrogen and oxygen atoms in total. The van der Waals surface area contributed by atoms with Crippen LogP contribution in [0.2, 0.25) is 0 Å². The highest BCUT2D eigenvalue weighted by molar-refractivity contribution is 6.67. The minimum atomic E-state index is -4.54. The van der Waals surface area contributed by atoms with Gasteiger partial charge in [-0.2, -0.15) is 13.2 Å². The molecule has 0 aliphatic rings. The summed E-state index contributed by atoms with van der Waals surface area (Å²) >= 11 is 5.27. The van der Waals surface area contributed by atoms with Gasteiger partial charge in [-0.25, -0.2) is 0 Å². The van der Waals surface area contributed by atoms with Crippen LogP contribution in [0.15, 0.2) is 18.7 Å². The number of allylic oxidation sites excluding steroid dienone is 1. The Morgan fingerprint density at radius 3 is 2.28 bits per heavy atom. The van der Waals surface area contributed by atoms with Gasteiger partial charge in [0.05, 0.1) is 5.56 Å². The van der Waals surface area contributed by atoms with Crippen LogP contribution in [0.1, 0.15) is 40.4 Å². The van der Waals surface area contributed by atoms with E-state index < -0.39 is 17.0 Å². The van der Waals surface area contributed by atoms with E-state index in [1.54, 1.807) is 13.8 Å². The van der Waals surface area contributed by atoms with Gasteiger partial charge in [-0.15, -0.1) is 0 Å². The second kappa shape index (κ2) is 5.14. The van der Waals surface area contributed by atoms with E-state index in [4.69, 9.17) is 11.6 Å². The Morgan fingerprint density at radius 1 is 1.33 bits per heavy atom. The number of halogens is 4. The second-order valence-electron chi connectivity index (χ2n) is 3.94. The molecule has 0 saturated heterocycles. The third-order valence-corrected chi connectivity index (χ3v) is 2.89. The monoisotopic (exact) mass is 276 g/mol. The normalized spacial score (nSPS) is 11.4. The molecule has 0 aliphatic heterocycles. The van der Waals surface area contributed by atoms with Gasteiger partial charge in [-0.3, -0.25) is 4.79 Å². The summed E-state index contributed by atoms with van der Waals surface area (Å²) in [5.41, 5.74) is -0.198. The average Bonchev–Trinajstić information content (AvgIpc) is 2.25. The van der Waals surface area contributed by atoms with Crippen molar-refractivity contribution in [2.24, 2.45) is 0 Å². The Kier molecular flexibility index (Phi) is 4.22. The van der Waals surface area contributed by atoms with E-state index in [2.05, 4.69) is 6.58 Å². The highest BCUT2D eigenvalue weighted by Gasteiger charge is 2.34. The van der Waals surface area contributed by atoms with Crippen molar-refractivity contribution < 1.29 is 18.0 Å². The molecule has 5 heteroatoms. The summed E-state index contributed by atoms with van der Waals surface area (Å²) in [6.45, 7) is 6.88. The molecule has 0 saturated carbocycles. The second-order valence-corrected chi connectivity index (χ2v) is 4.28. The van der Waals surface area contributed by atoms with Crippen LogP contribution < -0.4 is 0 Å². The molecule has 0 atom stereocenters. The van der Waals surface area contributed by atoms with Gasteiger partial charge in [0.25, 0.3) is 5.24 Å². The minimum absolute atomic E-state index is 0.0177. The molecule has 0 heterocycles. The number of alkyl halides is 3. The van der Waals surface area contributed by atoms with Crippen molar-refractivity contribution in [1.82, 2.24) is 0 Å². The first-order chi connectivity index (χ1) is 8.18. The van der Waals surface area contributed by atoms with Gasteiger partial charge in [-0.1, -0.05) is 19.6 Å². The lowest BCUT2D eigenvalue weighted by Gasteiger charge is -2.16. The number of carbonyl (C=O) groups is 1. The van der Waals surface area contributed by atoms with Crippen molar-refractivity contribution in [1.29, 1.82) is 0 Å². The summed E-state index contributed by atoms with van der Waals surface area (Å²) in [4.78, 5) is 11.1. The maximum atomic E-state index is 12.9. The lowest BCUT2D eigenvalue weighted by molar-refractivity contribution is -0.137. The molecule has 1 rings (SSSR count). The smallest absolute Gasteiger partial charge is 0.276 e. The molecule has 0 amide bonds. The summed E-state index contributed by atoms with van der Waals surface area (Å²) in [6.07, 6.45) is -4.14. The zero-order chi connectivity index (χ0) is 14.1. The molecule has 0 spiro atoms. The van der Waals surface area contributed by atoms with Crippen LogP contribution in [-0.4, -0.2) is 5.24 Å². The molecule has 0 aliphatic carbocycles. The van der Waals surface area contributed by atoms with E-state index in [0.29, 0.717) is 17.6 Å². The number of hydrogen-bond acceptors (Lipinski definition) is 1. The summed E-state index contributed by atoms with van der Waals surface area (Å²) in [5.74, 6) is 0. The van der Waals surface area contributed by atoms with Crippen molar-refractivity contribution in [2.75, 3.05) is 0 Å². The highest BCUT2D eigenvalue weighted by atomic mass is 35.5. The predicted molar refractivity (Wildman–Crippen MR) is 65.7 cm³/mol. The van der Waals surface area contributed by atoms with Gasteiger partial charge in [0.15, 0.2) is 0 Å². The van der Waals surface area contributed by atoms with E-state index >= 15 is 0 Å². The van der Waals surface area contributed by atoms with E-state index in [1.165, 1.54) is 6.07 Å². The molecule has 98 valence electrons. The lowest BCUT2D eigenvalue weighted by atomic mass is 9.93. The molecule has 1 aromatic carbocycles. The number of carbonyl (C=O) groups excluding carboxylic acids is 1. The van der Waals surface area contributed by atoms with Gasteiger partial charge < -0.3 is 0 Å². The zero-order valence-corrected chi connectivity index (χ0v) is 10.7. The van der Waals surface area contributed by atoms with Crippen LogP contribution in [-0.2, 0) is 6.18 Å². The Bertz CT molecular complexity index is 504. The fourth-order valence-corrected chi connectivity index (χ4v) is 1.84. The molecule has 0 bridgehead atoms.